The summed E-state index contributed by atoms with van der Waals surface area (Å²) in [7, 11) is 0. The second kappa shape index (κ2) is 9.23. The zero-order valence-corrected chi connectivity index (χ0v) is 15.6. The smallest absolute Gasteiger partial charge is 0.273 e. The second-order valence-electron chi connectivity index (χ2n) is 6.08. The molecule has 0 atom stereocenters. The molecule has 0 saturated heterocycles. The number of amides is 1. The van der Waals surface area contributed by atoms with E-state index in [-0.39, 0.29) is 30.0 Å². The van der Waals surface area contributed by atoms with Crippen LogP contribution in [0.1, 0.15) is 12.0 Å². The third-order valence-corrected chi connectivity index (χ3v) is 5.16. The molecule has 1 heterocycles. The number of fused-ring (bicyclic) bond motifs is 1. The maximum absolute atomic E-state index is 12.4. The van der Waals surface area contributed by atoms with Gasteiger partial charge in [-0.2, -0.15) is 11.8 Å². The average Bonchev–Trinajstić information content (AvgIpc) is 2.70. The van der Waals surface area contributed by atoms with E-state index in [2.05, 4.69) is 22.5 Å². The zero-order valence-electron chi connectivity index (χ0n) is 14.8. The van der Waals surface area contributed by atoms with Crippen molar-refractivity contribution in [3.8, 4) is 0 Å². The lowest BCUT2D eigenvalue weighted by Crippen LogP contribution is -2.33. The molecule has 0 saturated carbocycles. The summed E-state index contributed by atoms with van der Waals surface area (Å²) < 4.78 is 1.20. The van der Waals surface area contributed by atoms with Crippen molar-refractivity contribution in [3.05, 3.63) is 80.9 Å². The lowest BCUT2D eigenvalue weighted by Gasteiger charge is -2.08. The highest BCUT2D eigenvalue weighted by Crippen LogP contribution is 2.10. The number of rotatable bonds is 8. The summed E-state index contributed by atoms with van der Waals surface area (Å²) in [6.45, 7) is 0.710. The quantitative estimate of drug-likeness (QED) is 0.584. The number of nitrogens with one attached hydrogen (secondary N) is 2. The molecule has 0 aliphatic heterocycles. The fourth-order valence-electron chi connectivity index (χ4n) is 2.73. The number of thioether (sulfide) groups is 1. The molecule has 27 heavy (non-hydrogen) atoms. The van der Waals surface area contributed by atoms with Crippen LogP contribution in [0.15, 0.2) is 64.2 Å². The molecular formula is C20H21N3O3S. The van der Waals surface area contributed by atoms with Gasteiger partial charge in [-0.05, 0) is 17.7 Å². The Morgan fingerprint density at radius 3 is 2.48 bits per heavy atom. The Morgan fingerprint density at radius 1 is 1.00 bits per heavy atom. The van der Waals surface area contributed by atoms with Crippen LogP contribution >= 0.6 is 11.8 Å². The van der Waals surface area contributed by atoms with Crippen molar-refractivity contribution in [3.63, 3.8) is 0 Å². The van der Waals surface area contributed by atoms with E-state index in [1.54, 1.807) is 36.0 Å². The highest BCUT2D eigenvalue weighted by atomic mass is 32.2. The van der Waals surface area contributed by atoms with E-state index in [0.29, 0.717) is 17.3 Å². The van der Waals surface area contributed by atoms with Gasteiger partial charge in [0.1, 0.15) is 0 Å². The Hall–Kier alpha value is -2.80. The predicted molar refractivity (Wildman–Crippen MR) is 109 cm³/mol. The number of H-pyrrole nitrogens is 1. The van der Waals surface area contributed by atoms with E-state index in [4.69, 9.17) is 0 Å². The number of nitrogens with zero attached hydrogens (tertiary/aromatic N) is 1. The molecule has 140 valence electrons. The minimum atomic E-state index is -0.331. The summed E-state index contributed by atoms with van der Waals surface area (Å²) in [6, 6.07) is 16.8. The lowest BCUT2D eigenvalue weighted by molar-refractivity contribution is -0.121. The van der Waals surface area contributed by atoms with Gasteiger partial charge in [0.2, 0.25) is 5.91 Å². The van der Waals surface area contributed by atoms with Crippen molar-refractivity contribution in [2.24, 2.45) is 0 Å². The van der Waals surface area contributed by atoms with Crippen LogP contribution in [0, 0.1) is 0 Å². The first-order valence-corrected chi connectivity index (χ1v) is 9.91. The molecule has 3 rings (SSSR count). The number of hydrogen-bond donors (Lipinski definition) is 2. The zero-order chi connectivity index (χ0) is 19.1. The standard InChI is InChI=1S/C20H21N3O3S/c24-18(21-11-13-27-14-15-6-2-1-3-7-15)10-12-23-20(26)17-9-5-4-8-16(17)19(25)22-23/h1-9H,10-14H2,(H,21,24)(H,22,25). The van der Waals surface area contributed by atoms with Crippen molar-refractivity contribution in [2.45, 2.75) is 18.7 Å². The van der Waals surface area contributed by atoms with Gasteiger partial charge in [-0.25, -0.2) is 4.68 Å². The van der Waals surface area contributed by atoms with Crippen molar-refractivity contribution in [1.29, 1.82) is 0 Å². The maximum atomic E-state index is 12.4. The van der Waals surface area contributed by atoms with Crippen molar-refractivity contribution in [1.82, 2.24) is 15.1 Å². The molecule has 0 spiro atoms. The molecule has 2 aromatic carbocycles. The minimum absolute atomic E-state index is 0.136. The minimum Gasteiger partial charge on any atom is -0.355 e. The largest absolute Gasteiger partial charge is 0.355 e. The molecule has 0 aliphatic carbocycles. The summed E-state index contributed by atoms with van der Waals surface area (Å²) in [5.41, 5.74) is 0.632. The van der Waals surface area contributed by atoms with Crippen molar-refractivity contribution in [2.75, 3.05) is 12.3 Å². The number of carbonyl (C=O) groups excluding carboxylic acids is 1. The predicted octanol–water partition coefficient (Wildman–Crippen LogP) is 2.13. The molecule has 1 amide bonds. The van der Waals surface area contributed by atoms with E-state index in [1.165, 1.54) is 10.2 Å². The monoisotopic (exact) mass is 383 g/mol. The summed E-state index contributed by atoms with van der Waals surface area (Å²) in [5, 5.41) is 6.10. The van der Waals surface area contributed by atoms with Gasteiger partial charge in [-0.3, -0.25) is 19.5 Å². The summed E-state index contributed by atoms with van der Waals surface area (Å²) in [6.07, 6.45) is 0.136. The molecular weight excluding hydrogens is 362 g/mol. The highest BCUT2D eigenvalue weighted by molar-refractivity contribution is 7.98. The highest BCUT2D eigenvalue weighted by Gasteiger charge is 2.08. The first-order chi connectivity index (χ1) is 13.1. The molecule has 0 aliphatic rings. The van der Waals surface area contributed by atoms with Gasteiger partial charge in [-0.15, -0.1) is 0 Å². The Kier molecular flexibility index (Phi) is 6.49. The Labute approximate surface area is 160 Å². The number of benzene rings is 2. The van der Waals surface area contributed by atoms with Crippen LogP contribution < -0.4 is 16.4 Å². The number of carbonyl (C=O) groups is 1. The van der Waals surface area contributed by atoms with E-state index in [9.17, 15) is 14.4 Å². The van der Waals surface area contributed by atoms with Crippen LogP contribution in [0.5, 0.6) is 0 Å². The van der Waals surface area contributed by atoms with Crippen LogP contribution in [0.2, 0.25) is 0 Å². The van der Waals surface area contributed by atoms with Gasteiger partial charge >= 0.3 is 0 Å². The SMILES string of the molecule is O=C(CCn1[nH]c(=O)c2ccccc2c1=O)NCCSCc1ccccc1. The normalized spacial score (nSPS) is 10.8. The Bertz CT molecular complexity index is 1030. The van der Waals surface area contributed by atoms with E-state index >= 15 is 0 Å². The third-order valence-electron chi connectivity index (χ3n) is 4.13. The first kappa shape index (κ1) is 19.0. The van der Waals surface area contributed by atoms with Gasteiger partial charge < -0.3 is 5.32 Å². The van der Waals surface area contributed by atoms with Crippen LogP contribution in [0.25, 0.3) is 10.8 Å². The Morgan fingerprint density at radius 2 is 1.70 bits per heavy atom. The van der Waals surface area contributed by atoms with E-state index < -0.39 is 0 Å². The van der Waals surface area contributed by atoms with Crippen LogP contribution in [0.4, 0.5) is 0 Å². The van der Waals surface area contributed by atoms with E-state index in [1.807, 2.05) is 18.2 Å². The van der Waals surface area contributed by atoms with E-state index in [0.717, 1.165) is 11.5 Å². The number of aromatic nitrogens is 2. The molecule has 0 fully saturated rings. The number of aromatic amines is 1. The number of aryl methyl sites for hydroxylation is 1. The fourth-order valence-corrected chi connectivity index (χ4v) is 3.55. The molecule has 7 heteroatoms. The van der Waals surface area contributed by atoms with Gasteiger partial charge in [0.25, 0.3) is 11.1 Å². The van der Waals surface area contributed by atoms with Gasteiger partial charge in [0, 0.05) is 24.5 Å². The molecule has 2 N–H and O–H groups in total. The van der Waals surface area contributed by atoms with Gasteiger partial charge in [0.15, 0.2) is 0 Å². The molecule has 0 radical (unpaired) electrons. The Balaban J connectivity index is 1.45. The molecule has 0 unspecified atom stereocenters. The molecule has 1 aromatic heterocycles. The van der Waals surface area contributed by atoms with Gasteiger partial charge in [0.05, 0.1) is 17.3 Å². The van der Waals surface area contributed by atoms with Crippen LogP contribution in [-0.4, -0.2) is 28.0 Å². The van der Waals surface area contributed by atoms with Crippen LogP contribution in [-0.2, 0) is 17.1 Å². The second-order valence-corrected chi connectivity index (χ2v) is 7.19. The molecule has 0 bridgehead atoms. The lowest BCUT2D eigenvalue weighted by atomic mass is 10.2. The first-order valence-electron chi connectivity index (χ1n) is 8.75. The van der Waals surface area contributed by atoms with Crippen molar-refractivity contribution < 1.29 is 4.79 Å². The maximum Gasteiger partial charge on any atom is 0.273 e. The number of hydrogen-bond acceptors (Lipinski definition) is 4. The topological polar surface area (TPSA) is 84.0 Å². The average molecular weight is 383 g/mol. The third kappa shape index (κ3) is 5.10. The fraction of sp³-hybridized carbons (Fsp3) is 0.250. The van der Waals surface area contributed by atoms with Crippen molar-refractivity contribution >= 4 is 28.4 Å². The summed E-state index contributed by atoms with van der Waals surface area (Å²) in [5.74, 6) is 1.58. The summed E-state index contributed by atoms with van der Waals surface area (Å²) in [4.78, 5) is 36.4. The van der Waals surface area contributed by atoms with Crippen LogP contribution in [0.3, 0.4) is 0 Å². The molecule has 6 nitrogen and oxygen atoms in total. The summed E-state index contributed by atoms with van der Waals surface area (Å²) >= 11 is 1.75. The van der Waals surface area contributed by atoms with Gasteiger partial charge in [-0.1, -0.05) is 42.5 Å². The molecule has 3 aromatic rings.